The number of amides is 1. The minimum Gasteiger partial charge on any atom is -2.00 e. The van der Waals surface area contributed by atoms with Crippen molar-refractivity contribution in [3.8, 4) is 0 Å². The quantitative estimate of drug-likeness (QED) is 0.585. The van der Waals surface area contributed by atoms with Crippen LogP contribution in [0.25, 0.3) is 0 Å². The Kier molecular flexibility index (Phi) is 14.0. The van der Waals surface area contributed by atoms with Gasteiger partial charge in [0.05, 0.1) is 0 Å². The fourth-order valence-corrected chi connectivity index (χ4v) is 1.56. The third kappa shape index (κ3) is 7.74. The molecule has 1 amide bonds. The fraction of sp³-hybridized carbons (Fsp3) is 0.700. The summed E-state index contributed by atoms with van der Waals surface area (Å²) in [6, 6.07) is 0.406. The van der Waals surface area contributed by atoms with Crippen molar-refractivity contribution in [2.45, 2.75) is 45.1 Å². The van der Waals surface area contributed by atoms with Crippen LogP contribution in [0, 0.1) is 0 Å². The summed E-state index contributed by atoms with van der Waals surface area (Å²) in [4.78, 5) is 11.2. The molecule has 1 N–H and O–H groups in total. The van der Waals surface area contributed by atoms with Crippen molar-refractivity contribution in [3.05, 3.63) is 12.2 Å². The van der Waals surface area contributed by atoms with Gasteiger partial charge in [-0.2, -0.15) is 0 Å². The van der Waals surface area contributed by atoms with Gasteiger partial charge < -0.3 is 16.3 Å². The molecule has 0 atom stereocenters. The average Bonchev–Trinajstić information content (AvgIpc) is 2.06. The van der Waals surface area contributed by atoms with Gasteiger partial charge in [0.15, 0.2) is 0 Å². The Morgan fingerprint density at radius 1 is 1.20 bits per heavy atom. The predicted molar refractivity (Wildman–Crippen MR) is 51.2 cm³/mol. The Morgan fingerprint density at radius 2 is 1.67 bits per heavy atom. The maximum absolute atomic E-state index is 11.2. The van der Waals surface area contributed by atoms with Crippen molar-refractivity contribution in [3.63, 3.8) is 0 Å². The molecule has 1 saturated carbocycles. The summed E-state index contributed by atoms with van der Waals surface area (Å²) in [6.07, 6.45) is 6.10. The van der Waals surface area contributed by atoms with E-state index in [-0.39, 0.29) is 38.6 Å². The van der Waals surface area contributed by atoms with Gasteiger partial charge in [-0.1, -0.05) is 25.8 Å². The SMILES string of the molecule is C=C(C)C(=O)NC1CCCCC1.[O-2].[O-2].[Ti+4]. The third-order valence-electron chi connectivity index (χ3n) is 2.33. The van der Waals surface area contributed by atoms with E-state index in [2.05, 4.69) is 11.9 Å². The van der Waals surface area contributed by atoms with Gasteiger partial charge in [0.25, 0.3) is 0 Å². The van der Waals surface area contributed by atoms with Gasteiger partial charge in [-0.05, 0) is 19.8 Å². The summed E-state index contributed by atoms with van der Waals surface area (Å²) in [6.45, 7) is 5.36. The molecule has 0 radical (unpaired) electrons. The maximum atomic E-state index is 11.2. The van der Waals surface area contributed by atoms with E-state index in [1.165, 1.54) is 19.3 Å². The first kappa shape index (κ1) is 20.3. The summed E-state index contributed by atoms with van der Waals surface area (Å²) in [7, 11) is 0. The number of nitrogens with one attached hydrogen (secondary N) is 1. The Hall–Kier alpha value is -0.156. The van der Waals surface area contributed by atoms with E-state index in [4.69, 9.17) is 0 Å². The van der Waals surface area contributed by atoms with Crippen molar-refractivity contribution < 1.29 is 37.5 Å². The van der Waals surface area contributed by atoms with Gasteiger partial charge in [0.1, 0.15) is 0 Å². The smallest absolute Gasteiger partial charge is 2.00 e. The van der Waals surface area contributed by atoms with E-state index >= 15 is 0 Å². The summed E-state index contributed by atoms with van der Waals surface area (Å²) in [5, 5.41) is 2.98. The number of hydrogen-bond donors (Lipinski definition) is 1. The summed E-state index contributed by atoms with van der Waals surface area (Å²) in [5.41, 5.74) is 0.612. The van der Waals surface area contributed by atoms with E-state index in [1.54, 1.807) is 6.92 Å². The predicted octanol–water partition coefficient (Wildman–Crippen LogP) is 1.77. The van der Waals surface area contributed by atoms with Gasteiger partial charge >= 0.3 is 21.7 Å². The molecule has 0 aromatic heterocycles. The van der Waals surface area contributed by atoms with Gasteiger partial charge in [0, 0.05) is 11.6 Å². The van der Waals surface area contributed by atoms with Crippen LogP contribution in [0.15, 0.2) is 12.2 Å². The standard InChI is InChI=1S/C10H17NO.2O.Ti/c1-8(2)10(12)11-9-6-4-3-5-7-9;;;/h9H,1,3-7H2,2H3,(H,11,12);;;/q;2*-2;+4. The Morgan fingerprint density at radius 3 is 2.07 bits per heavy atom. The topological polar surface area (TPSA) is 86.1 Å². The zero-order chi connectivity index (χ0) is 8.97. The van der Waals surface area contributed by atoms with Crippen molar-refractivity contribution in [2.24, 2.45) is 0 Å². The summed E-state index contributed by atoms with van der Waals surface area (Å²) in [5.74, 6) is 0.0156. The van der Waals surface area contributed by atoms with Crippen molar-refractivity contribution in [1.29, 1.82) is 0 Å². The second-order valence-electron chi connectivity index (χ2n) is 3.59. The molecule has 0 bridgehead atoms. The van der Waals surface area contributed by atoms with Crippen LogP contribution in [0.2, 0.25) is 0 Å². The molecule has 4 nitrogen and oxygen atoms in total. The van der Waals surface area contributed by atoms with Gasteiger partial charge in [0.2, 0.25) is 5.91 Å². The molecule has 84 valence electrons. The molecule has 0 saturated heterocycles. The third-order valence-corrected chi connectivity index (χ3v) is 2.33. The van der Waals surface area contributed by atoms with Crippen molar-refractivity contribution in [2.75, 3.05) is 0 Å². The van der Waals surface area contributed by atoms with Crippen LogP contribution in [0.4, 0.5) is 0 Å². The Balaban J connectivity index is -0.000000480. The second-order valence-corrected chi connectivity index (χ2v) is 3.59. The minimum absolute atomic E-state index is 0. The fourth-order valence-electron chi connectivity index (χ4n) is 1.56. The molecule has 1 aliphatic carbocycles. The minimum atomic E-state index is 0. The second kappa shape index (κ2) is 10.4. The first-order valence-electron chi connectivity index (χ1n) is 4.66. The first-order valence-corrected chi connectivity index (χ1v) is 4.66. The molecule has 0 aliphatic heterocycles. The van der Waals surface area contributed by atoms with Crippen LogP contribution in [-0.2, 0) is 37.5 Å². The average molecular weight is 247 g/mol. The van der Waals surface area contributed by atoms with Crippen molar-refractivity contribution in [1.82, 2.24) is 5.32 Å². The normalized spacial score (nSPS) is 15.0. The Bertz CT molecular complexity index is 191. The molecule has 0 unspecified atom stereocenters. The van der Waals surface area contributed by atoms with E-state index < -0.39 is 0 Å². The largest absolute Gasteiger partial charge is 4.00 e. The summed E-state index contributed by atoms with van der Waals surface area (Å²) >= 11 is 0. The first-order chi connectivity index (χ1) is 5.70. The van der Waals surface area contributed by atoms with Crippen LogP contribution in [0.3, 0.4) is 0 Å². The van der Waals surface area contributed by atoms with E-state index in [0.717, 1.165) is 12.8 Å². The molecule has 0 spiro atoms. The van der Waals surface area contributed by atoms with Crippen LogP contribution < -0.4 is 5.32 Å². The molecule has 5 heteroatoms. The van der Waals surface area contributed by atoms with Gasteiger partial charge in [-0.25, -0.2) is 0 Å². The van der Waals surface area contributed by atoms with Crippen LogP contribution in [0.5, 0.6) is 0 Å². The van der Waals surface area contributed by atoms with E-state index in [1.807, 2.05) is 0 Å². The molecule has 15 heavy (non-hydrogen) atoms. The van der Waals surface area contributed by atoms with Gasteiger partial charge in [-0.15, -0.1) is 0 Å². The summed E-state index contributed by atoms with van der Waals surface area (Å²) < 4.78 is 0. The zero-order valence-corrected chi connectivity index (χ0v) is 10.6. The molecule has 1 aliphatic rings. The van der Waals surface area contributed by atoms with Crippen LogP contribution in [-0.4, -0.2) is 11.9 Å². The number of carbonyl (C=O) groups excluding carboxylic acids is 1. The molecule has 0 aromatic rings. The molecule has 1 rings (SSSR count). The number of carbonyl (C=O) groups is 1. The maximum Gasteiger partial charge on any atom is 4.00 e. The van der Waals surface area contributed by atoms with Gasteiger partial charge in [-0.3, -0.25) is 4.79 Å². The molecular weight excluding hydrogens is 230 g/mol. The molecule has 0 heterocycles. The van der Waals surface area contributed by atoms with E-state index in [0.29, 0.717) is 11.6 Å². The molecular formula is C10H17NO3Ti. The number of rotatable bonds is 2. The zero-order valence-electron chi connectivity index (χ0n) is 9.04. The number of hydrogen-bond acceptors (Lipinski definition) is 1. The Labute approximate surface area is 106 Å². The molecule has 0 aromatic carbocycles. The molecule has 1 fully saturated rings. The van der Waals surface area contributed by atoms with E-state index in [9.17, 15) is 4.79 Å². The van der Waals surface area contributed by atoms with Crippen LogP contribution in [0.1, 0.15) is 39.0 Å². The van der Waals surface area contributed by atoms with Crippen molar-refractivity contribution >= 4 is 5.91 Å². The monoisotopic (exact) mass is 247 g/mol. The van der Waals surface area contributed by atoms with Crippen LogP contribution >= 0.6 is 0 Å².